The van der Waals surface area contributed by atoms with Gasteiger partial charge >= 0.3 is 0 Å². The van der Waals surface area contributed by atoms with E-state index >= 15 is 0 Å². The first-order chi connectivity index (χ1) is 12.1. The van der Waals surface area contributed by atoms with Crippen LogP contribution >= 0.6 is 0 Å². The van der Waals surface area contributed by atoms with Crippen molar-refractivity contribution in [2.75, 3.05) is 13.1 Å². The molecule has 0 bridgehead atoms. The van der Waals surface area contributed by atoms with Crippen molar-refractivity contribution in [1.82, 2.24) is 4.90 Å². The summed E-state index contributed by atoms with van der Waals surface area (Å²) < 4.78 is 18.8. The van der Waals surface area contributed by atoms with Crippen molar-refractivity contribution in [3.05, 3.63) is 71.7 Å². The summed E-state index contributed by atoms with van der Waals surface area (Å²) in [7, 11) is 0. The molecule has 1 aliphatic heterocycles. The predicted molar refractivity (Wildman–Crippen MR) is 91.7 cm³/mol. The summed E-state index contributed by atoms with van der Waals surface area (Å²) >= 11 is 0. The number of furan rings is 1. The van der Waals surface area contributed by atoms with E-state index in [9.17, 15) is 14.3 Å². The van der Waals surface area contributed by atoms with E-state index in [1.165, 1.54) is 18.2 Å². The number of hydrogen-bond donors (Lipinski definition) is 1. The number of β-amino-alcohol motifs (C(OH)–C–C–N with tert-alkyl or cyclic N) is 1. The number of benzene rings is 2. The van der Waals surface area contributed by atoms with E-state index in [0.29, 0.717) is 17.5 Å². The van der Waals surface area contributed by atoms with Gasteiger partial charge in [-0.05, 0) is 36.2 Å². The van der Waals surface area contributed by atoms with E-state index in [-0.39, 0.29) is 29.9 Å². The van der Waals surface area contributed by atoms with Crippen molar-refractivity contribution in [1.29, 1.82) is 0 Å². The Balaban J connectivity index is 1.50. The third kappa shape index (κ3) is 3.15. The van der Waals surface area contributed by atoms with E-state index in [4.69, 9.17) is 4.42 Å². The highest BCUT2D eigenvalue weighted by Gasteiger charge is 2.35. The molecule has 4 nitrogen and oxygen atoms in total. The molecule has 2 heterocycles. The fourth-order valence-corrected chi connectivity index (χ4v) is 3.41. The van der Waals surface area contributed by atoms with Gasteiger partial charge in [0.25, 0.3) is 5.91 Å². The highest BCUT2D eigenvalue weighted by atomic mass is 19.1. The molecule has 2 aromatic carbocycles. The molecule has 1 N–H and O–H groups in total. The van der Waals surface area contributed by atoms with Crippen LogP contribution in [-0.2, 0) is 6.42 Å². The van der Waals surface area contributed by atoms with Gasteiger partial charge in [-0.2, -0.15) is 0 Å². The van der Waals surface area contributed by atoms with Crippen molar-refractivity contribution < 1.29 is 18.7 Å². The van der Waals surface area contributed by atoms with Crippen molar-refractivity contribution in [3.63, 3.8) is 0 Å². The SMILES string of the molecule is O=C(c1cc2cc(F)ccc2o1)N1C[C@@H](Cc2ccccc2)[C@H](O)C1. The number of halogens is 1. The third-order valence-electron chi connectivity index (χ3n) is 4.72. The normalized spacial score (nSPS) is 20.3. The van der Waals surface area contributed by atoms with Crippen LogP contribution in [0.1, 0.15) is 16.1 Å². The Morgan fingerprint density at radius 3 is 2.76 bits per heavy atom. The molecular weight excluding hydrogens is 321 g/mol. The molecule has 1 aromatic heterocycles. The lowest BCUT2D eigenvalue weighted by molar-refractivity contribution is 0.0736. The fraction of sp³-hybridized carbons (Fsp3) is 0.250. The van der Waals surface area contributed by atoms with Gasteiger partial charge in [-0.3, -0.25) is 4.79 Å². The van der Waals surface area contributed by atoms with Crippen LogP contribution in [0.2, 0.25) is 0 Å². The summed E-state index contributed by atoms with van der Waals surface area (Å²) in [5.74, 6) is -0.473. The van der Waals surface area contributed by atoms with E-state index < -0.39 is 6.10 Å². The zero-order chi connectivity index (χ0) is 17.4. The Hall–Kier alpha value is -2.66. The molecule has 1 saturated heterocycles. The van der Waals surface area contributed by atoms with E-state index in [0.717, 1.165) is 12.0 Å². The molecule has 0 unspecified atom stereocenters. The molecule has 3 aromatic rings. The number of carbonyl (C=O) groups excluding carboxylic acids is 1. The second kappa shape index (κ2) is 6.33. The molecule has 1 fully saturated rings. The third-order valence-corrected chi connectivity index (χ3v) is 4.72. The Labute approximate surface area is 144 Å². The summed E-state index contributed by atoms with van der Waals surface area (Å²) in [4.78, 5) is 14.3. The van der Waals surface area contributed by atoms with E-state index in [2.05, 4.69) is 0 Å². The zero-order valence-corrected chi connectivity index (χ0v) is 13.6. The van der Waals surface area contributed by atoms with Gasteiger partial charge in [-0.25, -0.2) is 4.39 Å². The number of likely N-dealkylation sites (tertiary alicyclic amines) is 1. The van der Waals surface area contributed by atoms with Crippen molar-refractivity contribution in [2.45, 2.75) is 12.5 Å². The van der Waals surface area contributed by atoms with Crippen LogP contribution in [0.3, 0.4) is 0 Å². The second-order valence-electron chi connectivity index (χ2n) is 6.52. The smallest absolute Gasteiger partial charge is 0.289 e. The van der Waals surface area contributed by atoms with Gasteiger partial charge in [0.05, 0.1) is 6.10 Å². The zero-order valence-electron chi connectivity index (χ0n) is 13.6. The average Bonchev–Trinajstić information content (AvgIpc) is 3.19. The number of carbonyl (C=O) groups is 1. The first-order valence-corrected chi connectivity index (χ1v) is 8.30. The predicted octanol–water partition coefficient (Wildman–Crippen LogP) is 3.25. The molecule has 25 heavy (non-hydrogen) atoms. The molecule has 2 atom stereocenters. The number of rotatable bonds is 3. The van der Waals surface area contributed by atoms with Gasteiger partial charge in [0.1, 0.15) is 11.4 Å². The minimum absolute atomic E-state index is 0.00632. The van der Waals surface area contributed by atoms with Gasteiger partial charge in [-0.15, -0.1) is 0 Å². The standard InChI is InChI=1S/C20H18FNO3/c21-16-6-7-18-14(9-16)10-19(25-18)20(24)22-11-15(17(23)12-22)8-13-4-2-1-3-5-13/h1-7,9-10,15,17,23H,8,11-12H2/t15-,17-/m1/s1. The number of hydrogen-bond acceptors (Lipinski definition) is 3. The quantitative estimate of drug-likeness (QED) is 0.797. The van der Waals surface area contributed by atoms with Gasteiger partial charge in [0.2, 0.25) is 0 Å². The number of aliphatic hydroxyl groups is 1. The van der Waals surface area contributed by atoms with Crippen LogP contribution in [0.15, 0.2) is 59.0 Å². The van der Waals surface area contributed by atoms with Crippen LogP contribution in [0.4, 0.5) is 4.39 Å². The largest absolute Gasteiger partial charge is 0.451 e. The summed E-state index contributed by atoms with van der Waals surface area (Å²) in [6.07, 6.45) is 0.155. The highest BCUT2D eigenvalue weighted by Crippen LogP contribution is 2.26. The van der Waals surface area contributed by atoms with Crippen LogP contribution in [0, 0.1) is 11.7 Å². The van der Waals surface area contributed by atoms with Crippen LogP contribution in [0.5, 0.6) is 0 Å². The van der Waals surface area contributed by atoms with E-state index in [1.807, 2.05) is 30.3 Å². The summed E-state index contributed by atoms with van der Waals surface area (Å²) in [6.45, 7) is 0.752. The molecule has 5 heteroatoms. The highest BCUT2D eigenvalue weighted by molar-refractivity contribution is 5.96. The first-order valence-electron chi connectivity index (χ1n) is 8.30. The van der Waals surface area contributed by atoms with E-state index in [1.54, 1.807) is 11.0 Å². The molecule has 128 valence electrons. The lowest BCUT2D eigenvalue weighted by atomic mass is 9.97. The van der Waals surface area contributed by atoms with Crippen molar-refractivity contribution in [2.24, 2.45) is 5.92 Å². The van der Waals surface area contributed by atoms with Crippen LogP contribution < -0.4 is 0 Å². The maximum absolute atomic E-state index is 13.3. The number of nitrogens with zero attached hydrogens (tertiary/aromatic N) is 1. The first kappa shape index (κ1) is 15.8. The van der Waals surface area contributed by atoms with Gasteiger partial charge < -0.3 is 14.4 Å². The van der Waals surface area contributed by atoms with Crippen molar-refractivity contribution >= 4 is 16.9 Å². The molecule has 1 amide bonds. The summed E-state index contributed by atoms with van der Waals surface area (Å²) in [5, 5.41) is 10.9. The monoisotopic (exact) mass is 339 g/mol. The fourth-order valence-electron chi connectivity index (χ4n) is 3.41. The van der Waals surface area contributed by atoms with Crippen LogP contribution in [-0.4, -0.2) is 35.1 Å². The Morgan fingerprint density at radius 1 is 1.16 bits per heavy atom. The Bertz CT molecular complexity index is 906. The molecule has 4 rings (SSSR count). The minimum atomic E-state index is -0.564. The summed E-state index contributed by atoms with van der Waals surface area (Å²) in [5.41, 5.74) is 1.62. The molecular formula is C20H18FNO3. The van der Waals surface area contributed by atoms with Gasteiger partial charge in [0, 0.05) is 24.4 Å². The molecule has 0 spiro atoms. The minimum Gasteiger partial charge on any atom is -0.451 e. The Morgan fingerprint density at radius 2 is 1.96 bits per heavy atom. The number of aliphatic hydroxyl groups excluding tert-OH is 1. The number of fused-ring (bicyclic) bond motifs is 1. The van der Waals surface area contributed by atoms with Crippen molar-refractivity contribution in [3.8, 4) is 0 Å². The topological polar surface area (TPSA) is 53.7 Å². The number of amides is 1. The molecule has 0 saturated carbocycles. The van der Waals surface area contributed by atoms with Crippen LogP contribution in [0.25, 0.3) is 11.0 Å². The average molecular weight is 339 g/mol. The Kier molecular flexibility index (Phi) is 4.01. The summed E-state index contributed by atoms with van der Waals surface area (Å²) in [6, 6.07) is 15.6. The maximum Gasteiger partial charge on any atom is 0.289 e. The molecule has 1 aliphatic rings. The van der Waals surface area contributed by atoms with Gasteiger partial charge in [0.15, 0.2) is 5.76 Å². The lowest BCUT2D eigenvalue weighted by Crippen LogP contribution is -2.29. The second-order valence-corrected chi connectivity index (χ2v) is 6.52. The maximum atomic E-state index is 13.3. The molecule has 0 aliphatic carbocycles. The molecule has 0 radical (unpaired) electrons. The van der Waals surface area contributed by atoms with Gasteiger partial charge in [-0.1, -0.05) is 30.3 Å². The lowest BCUT2D eigenvalue weighted by Gasteiger charge is -2.14.